The van der Waals surface area contributed by atoms with Crippen molar-refractivity contribution < 1.29 is 28.5 Å². The van der Waals surface area contributed by atoms with E-state index >= 15 is 0 Å². The predicted octanol–water partition coefficient (Wildman–Crippen LogP) is 8.02. The van der Waals surface area contributed by atoms with E-state index in [1.54, 1.807) is 0 Å². The van der Waals surface area contributed by atoms with Crippen LogP contribution in [0.5, 0.6) is 11.5 Å². The minimum atomic E-state index is -0.743. The van der Waals surface area contributed by atoms with Crippen molar-refractivity contribution in [3.8, 4) is 11.5 Å². The summed E-state index contributed by atoms with van der Waals surface area (Å²) in [6, 6.07) is 11.3. The van der Waals surface area contributed by atoms with E-state index < -0.39 is 12.3 Å². The first-order valence-electron chi connectivity index (χ1n) is 12.1. The molecule has 0 bridgehead atoms. The summed E-state index contributed by atoms with van der Waals surface area (Å²) < 4.78 is 22.2. The van der Waals surface area contributed by atoms with Gasteiger partial charge in [-0.25, -0.2) is 9.59 Å². The average Bonchev–Trinajstić information content (AvgIpc) is 2.82. The molecular weight excluding hydrogens is 432 g/mol. The molecule has 6 nitrogen and oxygen atoms in total. The lowest BCUT2D eigenvalue weighted by molar-refractivity contribution is 0.0966. The summed E-state index contributed by atoms with van der Waals surface area (Å²) in [5.74, 6) is 0.798. The highest BCUT2D eigenvalue weighted by Gasteiger charge is 2.23. The van der Waals surface area contributed by atoms with Gasteiger partial charge in [0.25, 0.3) is 0 Å². The average molecular weight is 467 g/mol. The number of carbonyl (C=O) groups excluding carboxylic acids is 2. The highest BCUT2D eigenvalue weighted by Crippen LogP contribution is 2.45. The maximum Gasteiger partial charge on any atom is 0.513 e. The van der Waals surface area contributed by atoms with Crippen LogP contribution >= 0.6 is 0 Å². The first kappa shape index (κ1) is 25.3. The van der Waals surface area contributed by atoms with Gasteiger partial charge < -0.3 is 18.9 Å². The van der Waals surface area contributed by atoms with Crippen molar-refractivity contribution >= 4 is 33.9 Å². The summed E-state index contributed by atoms with van der Waals surface area (Å²) >= 11 is 0. The van der Waals surface area contributed by atoms with Gasteiger partial charge in [-0.3, -0.25) is 0 Å². The van der Waals surface area contributed by atoms with Gasteiger partial charge in [-0.1, -0.05) is 75.9 Å². The van der Waals surface area contributed by atoms with Crippen molar-refractivity contribution in [2.24, 2.45) is 0 Å². The molecule has 0 fully saturated rings. The van der Waals surface area contributed by atoms with Crippen molar-refractivity contribution in [3.05, 3.63) is 47.5 Å². The van der Waals surface area contributed by atoms with Crippen molar-refractivity contribution in [1.82, 2.24) is 0 Å². The van der Waals surface area contributed by atoms with E-state index in [2.05, 4.69) is 13.8 Å². The first-order valence-corrected chi connectivity index (χ1v) is 12.1. The lowest BCUT2D eigenvalue weighted by atomic mass is 9.95. The second-order valence-corrected chi connectivity index (χ2v) is 8.47. The molecule has 0 aromatic heterocycles. The zero-order valence-corrected chi connectivity index (χ0v) is 20.6. The number of aryl methyl sites for hydroxylation is 2. The Balaban J connectivity index is 2.04. The number of unbranched alkanes of at least 4 members (excludes halogenated alkanes) is 4. The molecule has 0 aliphatic rings. The lowest BCUT2D eigenvalue weighted by Gasteiger charge is -2.18. The Hall–Kier alpha value is -3.28. The van der Waals surface area contributed by atoms with Gasteiger partial charge in [0.2, 0.25) is 0 Å². The molecule has 3 rings (SSSR count). The van der Waals surface area contributed by atoms with Crippen molar-refractivity contribution in [3.63, 3.8) is 0 Å². The second-order valence-electron chi connectivity index (χ2n) is 8.47. The SMILES string of the molecule is CCCCCOC(=O)Oc1c2cccc(C)c2c(OC(=O)OCCCCC)c2cccc(C)c12. The Labute approximate surface area is 201 Å². The van der Waals surface area contributed by atoms with Crippen molar-refractivity contribution in [2.45, 2.75) is 66.2 Å². The second kappa shape index (κ2) is 12.3. The molecule has 0 atom stereocenters. The van der Waals surface area contributed by atoms with Gasteiger partial charge in [-0.2, -0.15) is 0 Å². The van der Waals surface area contributed by atoms with E-state index in [4.69, 9.17) is 18.9 Å². The maximum absolute atomic E-state index is 12.5. The van der Waals surface area contributed by atoms with Crippen LogP contribution in [0, 0.1) is 13.8 Å². The molecule has 0 aliphatic carbocycles. The molecule has 0 radical (unpaired) electrons. The lowest BCUT2D eigenvalue weighted by Crippen LogP contribution is -2.14. The molecule has 182 valence electrons. The van der Waals surface area contributed by atoms with Gasteiger partial charge >= 0.3 is 12.3 Å². The fourth-order valence-corrected chi connectivity index (χ4v) is 4.04. The van der Waals surface area contributed by atoms with Crippen molar-refractivity contribution in [2.75, 3.05) is 13.2 Å². The summed E-state index contributed by atoms with van der Waals surface area (Å²) in [7, 11) is 0. The molecule has 0 unspecified atom stereocenters. The molecule has 0 aliphatic heterocycles. The number of ether oxygens (including phenoxy) is 4. The quantitative estimate of drug-likeness (QED) is 0.130. The van der Waals surface area contributed by atoms with Crippen LogP contribution in [0.4, 0.5) is 9.59 Å². The van der Waals surface area contributed by atoms with Crippen molar-refractivity contribution in [1.29, 1.82) is 0 Å². The zero-order chi connectivity index (χ0) is 24.5. The molecule has 3 aromatic rings. The minimum Gasteiger partial charge on any atom is -0.434 e. The van der Waals surface area contributed by atoms with Crippen LogP contribution in [-0.4, -0.2) is 25.5 Å². The van der Waals surface area contributed by atoms with E-state index in [0.717, 1.165) is 49.7 Å². The van der Waals surface area contributed by atoms with Gasteiger partial charge in [0, 0.05) is 21.5 Å². The predicted molar refractivity (Wildman–Crippen MR) is 134 cm³/mol. The third kappa shape index (κ3) is 5.99. The summed E-state index contributed by atoms with van der Waals surface area (Å²) in [5, 5.41) is 2.72. The van der Waals surface area contributed by atoms with Crippen LogP contribution < -0.4 is 9.47 Å². The Morgan fingerprint density at radius 2 is 1.06 bits per heavy atom. The molecular formula is C28H34O6. The van der Waals surface area contributed by atoms with Crippen LogP contribution in [0.3, 0.4) is 0 Å². The summed E-state index contributed by atoms with van der Waals surface area (Å²) in [6.45, 7) is 8.66. The van der Waals surface area contributed by atoms with Crippen LogP contribution in [-0.2, 0) is 9.47 Å². The van der Waals surface area contributed by atoms with Gasteiger partial charge in [0.05, 0.1) is 13.2 Å². The van der Waals surface area contributed by atoms with Crippen LogP contribution in [0.1, 0.15) is 63.5 Å². The van der Waals surface area contributed by atoms with E-state index in [1.165, 1.54) is 0 Å². The van der Waals surface area contributed by atoms with Gasteiger partial charge in [-0.15, -0.1) is 0 Å². The number of fused-ring (bicyclic) bond motifs is 2. The van der Waals surface area contributed by atoms with E-state index in [9.17, 15) is 9.59 Å². The normalized spacial score (nSPS) is 10.9. The topological polar surface area (TPSA) is 71.1 Å². The molecule has 0 heterocycles. The zero-order valence-electron chi connectivity index (χ0n) is 20.6. The maximum atomic E-state index is 12.5. The smallest absolute Gasteiger partial charge is 0.434 e. The fourth-order valence-electron chi connectivity index (χ4n) is 4.04. The Bertz CT molecular complexity index is 1060. The molecule has 34 heavy (non-hydrogen) atoms. The third-order valence-electron chi connectivity index (χ3n) is 5.80. The van der Waals surface area contributed by atoms with Crippen LogP contribution in [0.25, 0.3) is 21.5 Å². The standard InChI is InChI=1S/C28H34O6/c1-5-7-9-17-31-27(29)33-25-21-15-11-14-20(4)24(21)26(22-16-12-13-19(3)23(22)25)34-28(30)32-18-10-8-6-2/h11-16H,5-10,17-18H2,1-4H3. The number of hydrogen-bond acceptors (Lipinski definition) is 6. The van der Waals surface area contributed by atoms with E-state index in [1.807, 2.05) is 50.2 Å². The molecule has 0 spiro atoms. The van der Waals surface area contributed by atoms with Crippen LogP contribution in [0.15, 0.2) is 36.4 Å². The summed E-state index contributed by atoms with van der Waals surface area (Å²) in [4.78, 5) is 25.1. The number of carbonyl (C=O) groups is 2. The highest BCUT2D eigenvalue weighted by molar-refractivity contribution is 6.14. The Morgan fingerprint density at radius 1 is 0.647 bits per heavy atom. The summed E-state index contributed by atoms with van der Waals surface area (Å²) in [6.07, 6.45) is 4.13. The Morgan fingerprint density at radius 3 is 1.44 bits per heavy atom. The first-order chi connectivity index (χ1) is 16.5. The Kier molecular flexibility index (Phi) is 9.14. The highest BCUT2D eigenvalue weighted by atomic mass is 16.7. The molecule has 0 saturated heterocycles. The van der Waals surface area contributed by atoms with E-state index in [-0.39, 0.29) is 0 Å². The molecule has 0 N–H and O–H groups in total. The van der Waals surface area contributed by atoms with E-state index in [0.29, 0.717) is 46.3 Å². The summed E-state index contributed by atoms with van der Waals surface area (Å²) in [5.41, 5.74) is 1.77. The van der Waals surface area contributed by atoms with Gasteiger partial charge in [-0.05, 0) is 37.8 Å². The monoisotopic (exact) mass is 466 g/mol. The van der Waals surface area contributed by atoms with Gasteiger partial charge in [0.1, 0.15) is 0 Å². The van der Waals surface area contributed by atoms with Gasteiger partial charge in [0.15, 0.2) is 11.5 Å². The minimum absolute atomic E-state index is 0.311. The molecule has 6 heteroatoms. The number of benzene rings is 3. The number of rotatable bonds is 10. The van der Waals surface area contributed by atoms with Crippen LogP contribution in [0.2, 0.25) is 0 Å². The number of hydrogen-bond donors (Lipinski definition) is 0. The third-order valence-corrected chi connectivity index (χ3v) is 5.80. The fraction of sp³-hybridized carbons (Fsp3) is 0.429. The molecule has 3 aromatic carbocycles. The molecule has 0 amide bonds. The largest absolute Gasteiger partial charge is 0.513 e. The molecule has 0 saturated carbocycles.